The highest BCUT2D eigenvalue weighted by atomic mass is 33.1. The maximum atomic E-state index is 14.0. The molecule has 4 aromatic carbocycles. The molecule has 0 atom stereocenters. The van der Waals surface area contributed by atoms with Crippen LogP contribution in [0.1, 0.15) is 84.5 Å². The molecule has 3 aliphatic carbocycles. The normalized spacial score (nSPS) is 14.8. The second-order valence-corrected chi connectivity index (χ2v) is 20.1. The van der Waals surface area contributed by atoms with E-state index in [4.69, 9.17) is 20.0 Å². The third-order valence-electron chi connectivity index (χ3n) is 13.6. The average Bonchev–Trinajstić information content (AvgIpc) is 3.36. The minimum absolute atomic E-state index is 0.0245. The van der Waals surface area contributed by atoms with E-state index in [-0.39, 0.29) is 35.0 Å². The second kappa shape index (κ2) is 20.5. The van der Waals surface area contributed by atoms with Crippen LogP contribution in [0.4, 0.5) is 11.4 Å². The van der Waals surface area contributed by atoms with Gasteiger partial charge in [0.25, 0.3) is 11.8 Å². The molecule has 2 heterocycles. The van der Waals surface area contributed by atoms with Crippen LogP contribution in [0.15, 0.2) is 123 Å². The zero-order valence-corrected chi connectivity index (χ0v) is 41.7. The molecular formula is C56H58N6O6S2+2. The van der Waals surface area contributed by atoms with E-state index in [2.05, 4.69) is 90.3 Å². The van der Waals surface area contributed by atoms with Crippen molar-refractivity contribution in [1.29, 1.82) is 0 Å². The Morgan fingerprint density at radius 3 is 1.86 bits per heavy atom. The number of amides is 2. The van der Waals surface area contributed by atoms with Crippen LogP contribution in [-0.2, 0) is 0 Å². The van der Waals surface area contributed by atoms with Gasteiger partial charge < -0.3 is 35.2 Å². The number of nitrogens with zero attached hydrogens (tertiary/aromatic N) is 2. The summed E-state index contributed by atoms with van der Waals surface area (Å²) in [5.41, 5.74) is 14.6. The molecule has 0 bridgehead atoms. The number of benzene rings is 6. The molecule has 14 heteroatoms. The number of carbonyl (C=O) groups excluding carboxylic acids is 2. The third kappa shape index (κ3) is 9.49. The summed E-state index contributed by atoms with van der Waals surface area (Å²) in [7, 11) is 3.27. The van der Waals surface area contributed by atoms with Crippen LogP contribution in [0.5, 0.6) is 0 Å². The summed E-state index contributed by atoms with van der Waals surface area (Å²) in [6.45, 7) is 12.2. The number of nitrogen functional groups attached to an aromatic ring is 1. The quantitative estimate of drug-likeness (QED) is 0.0305. The molecule has 12 nitrogen and oxygen atoms in total. The molecule has 4 aromatic rings. The van der Waals surface area contributed by atoms with Crippen molar-refractivity contribution >= 4 is 72.7 Å². The number of hydrogen-bond donors (Lipinski definition) is 5. The van der Waals surface area contributed by atoms with Crippen molar-refractivity contribution in [2.45, 2.75) is 70.4 Å². The average molecular weight is 975 g/mol. The van der Waals surface area contributed by atoms with Gasteiger partial charge in [0, 0.05) is 110 Å². The van der Waals surface area contributed by atoms with Gasteiger partial charge in [-0.25, -0.2) is 9.37 Å². The molecule has 0 unspecified atom stereocenters. The van der Waals surface area contributed by atoms with Crippen LogP contribution in [0, 0.1) is 0 Å². The largest absolute Gasteiger partial charge is 0.478 e. The Labute approximate surface area is 414 Å². The lowest BCUT2D eigenvalue weighted by atomic mass is 9.89. The molecule has 0 radical (unpaired) electrons. The Balaban J connectivity index is 0.926. The molecule has 358 valence electrons. The zero-order valence-electron chi connectivity index (χ0n) is 40.1. The van der Waals surface area contributed by atoms with Gasteiger partial charge in [0.05, 0.1) is 17.7 Å². The number of carboxylic acid groups (broad SMARTS) is 1. The van der Waals surface area contributed by atoms with E-state index in [9.17, 15) is 19.5 Å². The van der Waals surface area contributed by atoms with Crippen LogP contribution < -0.4 is 42.0 Å². The number of rotatable bonds is 14. The number of carboxylic acids is 1. The number of hydrogen-bond acceptors (Lipinski definition) is 9. The minimum Gasteiger partial charge on any atom is -0.478 e. The topological polar surface area (TPSA) is 180 Å². The van der Waals surface area contributed by atoms with Crippen LogP contribution in [0.3, 0.4) is 0 Å². The number of fused-ring (bicyclic) bond motifs is 4. The molecule has 9 rings (SSSR count). The van der Waals surface area contributed by atoms with Gasteiger partial charge in [-0.3, -0.25) is 15.0 Å². The van der Waals surface area contributed by atoms with Crippen LogP contribution in [-0.4, -0.2) is 67.4 Å². The molecule has 2 amide bonds. The van der Waals surface area contributed by atoms with Crippen molar-refractivity contribution in [3.05, 3.63) is 137 Å². The highest BCUT2D eigenvalue weighted by molar-refractivity contribution is 8.76. The van der Waals surface area contributed by atoms with Gasteiger partial charge in [0.1, 0.15) is 35.8 Å². The van der Waals surface area contributed by atoms with Gasteiger partial charge in [-0.2, -0.15) is 0 Å². The highest BCUT2D eigenvalue weighted by Gasteiger charge is 2.28. The molecule has 1 saturated carbocycles. The molecular weight excluding hydrogens is 917 g/mol. The minimum atomic E-state index is -1.17. The standard InChI is InChI=1S/C56H56N6O6S2/c1-6-61(7-2)38-18-24-43-49(30-38)68-50-31-39(62(8-3)9-4)19-25-44(50)53(43)45-21-11-33(27-51(45)70-69-5)55(64)60-37-16-14-36(15-17-37)59-54(63)32-10-20-40(46(26-32)56(65)66)52-41-22-12-34(57)28-47(41)67-48-29-35(58)13-23-42(48)52/h10-13,18-31,36-37H,6-9,14-17H2,1-5H3,(H5-,57,58,59,60,63,64,65,66)/p+2. The Morgan fingerprint density at radius 1 is 0.686 bits per heavy atom. The first-order chi connectivity index (χ1) is 33.9. The van der Waals surface area contributed by atoms with Gasteiger partial charge in [0.15, 0.2) is 5.36 Å². The summed E-state index contributed by atoms with van der Waals surface area (Å²) >= 11 is 0. The Hall–Kier alpha value is -7.03. The van der Waals surface area contributed by atoms with Gasteiger partial charge in [0.2, 0.25) is 5.36 Å². The first-order valence-corrected chi connectivity index (χ1v) is 26.5. The van der Waals surface area contributed by atoms with E-state index in [1.54, 1.807) is 70.1 Å². The Bertz CT molecular complexity index is 3380. The van der Waals surface area contributed by atoms with Gasteiger partial charge in [-0.1, -0.05) is 33.7 Å². The summed E-state index contributed by atoms with van der Waals surface area (Å²) in [5, 5.41) is 26.3. The van der Waals surface area contributed by atoms with Crippen molar-refractivity contribution in [1.82, 2.24) is 15.2 Å². The van der Waals surface area contributed by atoms with E-state index in [1.807, 2.05) is 18.4 Å². The molecule has 0 aromatic heterocycles. The van der Waals surface area contributed by atoms with Crippen molar-refractivity contribution in [3.63, 3.8) is 0 Å². The summed E-state index contributed by atoms with van der Waals surface area (Å²) in [4.78, 5) is 43.9. The predicted octanol–water partition coefficient (Wildman–Crippen LogP) is 9.16. The van der Waals surface area contributed by atoms with Crippen LogP contribution in [0.25, 0.3) is 66.8 Å². The molecule has 0 saturated heterocycles. The van der Waals surface area contributed by atoms with E-state index in [0.29, 0.717) is 75.7 Å². The fourth-order valence-corrected chi connectivity index (χ4v) is 11.5. The highest BCUT2D eigenvalue weighted by Crippen LogP contribution is 2.46. The molecule has 7 N–H and O–H groups in total. The van der Waals surface area contributed by atoms with E-state index in [0.717, 1.165) is 75.5 Å². The third-order valence-corrected chi connectivity index (χ3v) is 15.3. The first-order valence-electron chi connectivity index (χ1n) is 23.9. The van der Waals surface area contributed by atoms with Crippen molar-refractivity contribution < 1.29 is 33.7 Å². The molecule has 2 aliphatic heterocycles. The smallest absolute Gasteiger partial charge is 0.336 e. The number of nitrogens with one attached hydrogen (secondary N) is 2. The van der Waals surface area contributed by atoms with Crippen LogP contribution in [0.2, 0.25) is 0 Å². The van der Waals surface area contributed by atoms with Crippen molar-refractivity contribution in [2.24, 2.45) is 0 Å². The Kier molecular flexibility index (Phi) is 14.1. The van der Waals surface area contributed by atoms with Crippen LogP contribution >= 0.6 is 21.6 Å². The van der Waals surface area contributed by atoms with E-state index in [1.165, 1.54) is 6.07 Å². The first kappa shape index (κ1) is 48.0. The molecule has 70 heavy (non-hydrogen) atoms. The zero-order chi connectivity index (χ0) is 49.2. The fraction of sp³-hybridized carbons (Fsp3) is 0.268. The SMILES string of the molecule is CCN(CC)c1ccc2c(-c3ccc(C(=O)NC4CCC(NC(=O)c5ccc(-c6c7ccc(=[NH2+])cc-7oc7cc(N)ccc67)c(C(=O)O)c5)CC4)cc3SSC)c3ccc(=[N+](CC)CC)cc-3oc2c1. The van der Waals surface area contributed by atoms with E-state index < -0.39 is 5.97 Å². The number of anilines is 2. The fourth-order valence-electron chi connectivity index (χ4n) is 9.97. The monoisotopic (exact) mass is 974 g/mol. The summed E-state index contributed by atoms with van der Waals surface area (Å²) in [6.07, 6.45) is 4.68. The summed E-state index contributed by atoms with van der Waals surface area (Å²) in [6, 6.07) is 33.9. The summed E-state index contributed by atoms with van der Waals surface area (Å²) < 4.78 is 15.2. The lowest BCUT2D eigenvalue weighted by molar-refractivity contribution is -0.172. The molecule has 0 spiro atoms. The lowest BCUT2D eigenvalue weighted by Crippen LogP contribution is -2.44. The predicted molar refractivity (Wildman–Crippen MR) is 283 cm³/mol. The summed E-state index contributed by atoms with van der Waals surface area (Å²) in [5.74, 6) is -0.392. The van der Waals surface area contributed by atoms with Gasteiger partial charge in [-0.05, 0) is 131 Å². The maximum Gasteiger partial charge on any atom is 0.336 e. The number of carbonyl (C=O) groups is 3. The Morgan fingerprint density at radius 2 is 1.24 bits per heavy atom. The van der Waals surface area contributed by atoms with E-state index >= 15 is 0 Å². The number of nitrogens with two attached hydrogens (primary N) is 2. The van der Waals surface area contributed by atoms with Gasteiger partial charge >= 0.3 is 5.97 Å². The lowest BCUT2D eigenvalue weighted by Gasteiger charge is -2.30. The van der Waals surface area contributed by atoms with Crippen molar-refractivity contribution in [3.8, 4) is 44.9 Å². The molecule has 1 fully saturated rings. The second-order valence-electron chi connectivity index (χ2n) is 17.7. The molecule has 5 aliphatic rings. The van der Waals surface area contributed by atoms with Gasteiger partial charge in [-0.15, -0.1) is 0 Å². The maximum absolute atomic E-state index is 14.0. The number of aromatic carboxylic acids is 1. The van der Waals surface area contributed by atoms with Crippen molar-refractivity contribution in [2.75, 3.05) is 43.1 Å².